The van der Waals surface area contributed by atoms with E-state index in [4.69, 9.17) is 20.8 Å². The van der Waals surface area contributed by atoms with Crippen LogP contribution in [0.4, 0.5) is 5.95 Å². The molecule has 4 rings (SSSR count). The number of likely N-dealkylation sites (N-methyl/N-ethyl adjacent to an activating group) is 1. The third kappa shape index (κ3) is 5.91. The van der Waals surface area contributed by atoms with Crippen molar-refractivity contribution in [3.8, 4) is 5.75 Å². The van der Waals surface area contributed by atoms with E-state index in [-0.39, 0.29) is 6.10 Å². The predicted molar refractivity (Wildman–Crippen MR) is 123 cm³/mol. The number of pyridine rings is 1. The minimum absolute atomic E-state index is 0.280. The minimum Gasteiger partial charge on any atom is -0.489 e. The summed E-state index contributed by atoms with van der Waals surface area (Å²) in [4.78, 5) is 9.09. The molecule has 5 N–H and O–H groups in total. The normalized spacial score (nSPS) is 17.7. The van der Waals surface area contributed by atoms with Gasteiger partial charge in [0.1, 0.15) is 5.75 Å². The van der Waals surface area contributed by atoms with Gasteiger partial charge in [0, 0.05) is 13.5 Å². The lowest BCUT2D eigenvalue weighted by Gasteiger charge is -2.24. The second kappa shape index (κ2) is 10.2. The van der Waals surface area contributed by atoms with Crippen molar-refractivity contribution < 1.29 is 9.26 Å². The zero-order valence-corrected chi connectivity index (χ0v) is 19.1. The first-order chi connectivity index (χ1) is 15.5. The van der Waals surface area contributed by atoms with Crippen LogP contribution >= 0.6 is 0 Å². The maximum absolute atomic E-state index is 6.45. The molecule has 9 nitrogen and oxygen atoms in total. The first kappa shape index (κ1) is 22.4. The summed E-state index contributed by atoms with van der Waals surface area (Å²) in [6.45, 7) is 2.29. The van der Waals surface area contributed by atoms with Crippen LogP contribution in [0.1, 0.15) is 68.6 Å². The number of hydrazine groups is 1. The van der Waals surface area contributed by atoms with Gasteiger partial charge in [-0.15, -0.1) is 0 Å². The van der Waals surface area contributed by atoms with Crippen molar-refractivity contribution in [3.05, 3.63) is 35.1 Å². The molecular weight excluding hydrogens is 406 g/mol. The number of aromatic nitrogens is 3. The number of rotatable bonds is 10. The van der Waals surface area contributed by atoms with Gasteiger partial charge in [-0.3, -0.25) is 0 Å². The van der Waals surface area contributed by atoms with Crippen LogP contribution in [0.3, 0.4) is 0 Å². The van der Waals surface area contributed by atoms with Gasteiger partial charge < -0.3 is 25.3 Å². The predicted octanol–water partition coefficient (Wildman–Crippen LogP) is 3.37. The number of anilines is 1. The fourth-order valence-corrected chi connectivity index (χ4v) is 4.07. The van der Waals surface area contributed by atoms with Crippen molar-refractivity contribution >= 4 is 11.6 Å². The van der Waals surface area contributed by atoms with Gasteiger partial charge in [0.25, 0.3) is 5.95 Å². The Bertz CT molecular complexity index is 930. The van der Waals surface area contributed by atoms with Crippen LogP contribution in [0.5, 0.6) is 5.75 Å². The monoisotopic (exact) mass is 441 g/mol. The van der Waals surface area contributed by atoms with Gasteiger partial charge in [0.15, 0.2) is 0 Å². The molecule has 174 valence electrons. The van der Waals surface area contributed by atoms with Crippen LogP contribution in [-0.4, -0.2) is 39.8 Å². The molecule has 2 aliphatic carbocycles. The van der Waals surface area contributed by atoms with Crippen LogP contribution in [0.15, 0.2) is 22.4 Å². The Morgan fingerprint density at radius 2 is 1.97 bits per heavy atom. The third-order valence-corrected chi connectivity index (χ3v) is 6.24. The summed E-state index contributed by atoms with van der Waals surface area (Å²) in [5.41, 5.74) is 9.11. The van der Waals surface area contributed by atoms with Crippen molar-refractivity contribution in [3.63, 3.8) is 0 Å². The van der Waals surface area contributed by atoms with Crippen LogP contribution in [0.2, 0.25) is 0 Å². The van der Waals surface area contributed by atoms with E-state index in [1.807, 2.05) is 19.1 Å². The molecule has 2 saturated carbocycles. The number of nitrogens with zero attached hydrogens (tertiary/aromatic N) is 4. The Labute approximate surface area is 189 Å². The molecule has 32 heavy (non-hydrogen) atoms. The summed E-state index contributed by atoms with van der Waals surface area (Å²) in [6, 6.07) is 3.83. The molecule has 0 aliphatic heterocycles. The molecule has 2 aromatic rings. The number of nitrogens with one attached hydrogen (secondary N) is 1. The number of hydrogen-bond acceptors (Lipinski definition) is 9. The summed E-state index contributed by atoms with van der Waals surface area (Å²) < 4.78 is 11.5. The fourth-order valence-electron chi connectivity index (χ4n) is 4.07. The van der Waals surface area contributed by atoms with Crippen molar-refractivity contribution in [1.82, 2.24) is 20.1 Å². The van der Waals surface area contributed by atoms with Crippen molar-refractivity contribution in [1.29, 1.82) is 0 Å². The second-order valence-electron chi connectivity index (χ2n) is 8.98. The summed E-state index contributed by atoms with van der Waals surface area (Å²) >= 11 is 0. The molecule has 2 aromatic heterocycles. The highest BCUT2D eigenvalue weighted by Crippen LogP contribution is 2.33. The van der Waals surface area contributed by atoms with Crippen LogP contribution in [0.25, 0.3) is 5.70 Å². The van der Waals surface area contributed by atoms with E-state index in [0.29, 0.717) is 35.5 Å². The van der Waals surface area contributed by atoms with E-state index in [1.165, 1.54) is 37.1 Å². The van der Waals surface area contributed by atoms with E-state index in [1.54, 1.807) is 7.05 Å². The van der Waals surface area contributed by atoms with Crippen molar-refractivity contribution in [2.45, 2.75) is 70.8 Å². The molecule has 2 fully saturated rings. The molecule has 0 bridgehead atoms. The van der Waals surface area contributed by atoms with Crippen LogP contribution in [0, 0.1) is 12.8 Å². The Hall–Kier alpha value is -2.81. The van der Waals surface area contributed by atoms with E-state index in [9.17, 15) is 0 Å². The lowest BCUT2D eigenvalue weighted by Crippen LogP contribution is -2.32. The molecular formula is C23H35N7O2. The summed E-state index contributed by atoms with van der Waals surface area (Å²) in [5.74, 6) is 8.80. The standard InChI is InChI=1S/C23H35N7O2/c1-15-20(31-17-6-4-3-5-7-17)12-11-18(27-15)22(24)19(30(2)25)14-26-23-28-21(32-29-23)13-10-16-8-9-16/h11-12,16-17H,3-10,13-14,24-25H2,1-2H3,(H,26,29)/b22-19-. The first-order valence-corrected chi connectivity index (χ1v) is 11.7. The van der Waals surface area contributed by atoms with Crippen LogP contribution < -0.4 is 21.6 Å². The van der Waals surface area contributed by atoms with E-state index >= 15 is 0 Å². The summed E-state index contributed by atoms with van der Waals surface area (Å²) in [5, 5.41) is 8.65. The second-order valence-corrected chi connectivity index (χ2v) is 8.98. The number of ether oxygens (including phenoxy) is 1. The van der Waals surface area contributed by atoms with Gasteiger partial charge in [-0.1, -0.05) is 19.3 Å². The first-order valence-electron chi connectivity index (χ1n) is 11.7. The van der Waals surface area contributed by atoms with Gasteiger partial charge in [-0.25, -0.2) is 10.8 Å². The zero-order valence-electron chi connectivity index (χ0n) is 19.1. The molecule has 0 atom stereocenters. The fraction of sp³-hybridized carbons (Fsp3) is 0.609. The van der Waals surface area contributed by atoms with E-state index < -0.39 is 0 Å². The Morgan fingerprint density at radius 3 is 2.66 bits per heavy atom. The van der Waals surface area contributed by atoms with Crippen molar-refractivity contribution in [2.24, 2.45) is 17.5 Å². The quantitative estimate of drug-likeness (QED) is 0.375. The van der Waals surface area contributed by atoms with Crippen LogP contribution in [-0.2, 0) is 6.42 Å². The number of nitrogens with two attached hydrogens (primary N) is 2. The molecule has 2 heterocycles. The minimum atomic E-state index is 0.280. The average molecular weight is 442 g/mol. The molecule has 2 aliphatic rings. The highest BCUT2D eigenvalue weighted by molar-refractivity contribution is 5.64. The topological polar surface area (TPSA) is 128 Å². The van der Waals surface area contributed by atoms with Gasteiger partial charge in [0.05, 0.1) is 35.4 Å². The molecule has 0 radical (unpaired) electrons. The lowest BCUT2D eigenvalue weighted by atomic mass is 9.98. The maximum Gasteiger partial charge on any atom is 0.263 e. The highest BCUT2D eigenvalue weighted by Gasteiger charge is 2.22. The Balaban J connectivity index is 1.41. The van der Waals surface area contributed by atoms with E-state index in [0.717, 1.165) is 43.0 Å². The number of aryl methyl sites for hydroxylation is 2. The molecule has 9 heteroatoms. The summed E-state index contributed by atoms with van der Waals surface area (Å²) in [7, 11) is 1.74. The SMILES string of the molecule is Cc1nc(/C(N)=C(\CNc2noc(CCC3CC3)n2)N(C)N)ccc1OC1CCCCC1. The largest absolute Gasteiger partial charge is 0.489 e. The van der Waals surface area contributed by atoms with E-state index in [2.05, 4.69) is 20.4 Å². The lowest BCUT2D eigenvalue weighted by molar-refractivity contribution is 0.153. The summed E-state index contributed by atoms with van der Waals surface area (Å²) in [6.07, 6.45) is 10.8. The molecule has 0 aromatic carbocycles. The number of hydrogen-bond donors (Lipinski definition) is 3. The van der Waals surface area contributed by atoms with Crippen molar-refractivity contribution in [2.75, 3.05) is 18.9 Å². The maximum atomic E-state index is 6.45. The highest BCUT2D eigenvalue weighted by atomic mass is 16.5. The molecule has 0 unspecified atom stereocenters. The smallest absolute Gasteiger partial charge is 0.263 e. The van der Waals surface area contributed by atoms with Gasteiger partial charge in [-0.05, 0) is 62.2 Å². The zero-order chi connectivity index (χ0) is 22.5. The van der Waals surface area contributed by atoms with Gasteiger partial charge >= 0.3 is 0 Å². The molecule has 0 spiro atoms. The average Bonchev–Trinajstić information content (AvgIpc) is 3.51. The van der Waals surface area contributed by atoms with Gasteiger partial charge in [-0.2, -0.15) is 4.98 Å². The van der Waals surface area contributed by atoms with Gasteiger partial charge in [0.2, 0.25) is 5.89 Å². The Morgan fingerprint density at radius 1 is 1.19 bits per heavy atom. The molecule has 0 amide bonds. The molecule has 0 saturated heterocycles. The Kier molecular flexibility index (Phi) is 7.14. The third-order valence-electron chi connectivity index (χ3n) is 6.24.